The number of ether oxygens (including phenoxy) is 1. The molecule has 1 rings (SSSR count). The molecule has 0 N–H and O–H groups in total. The molecule has 0 saturated heterocycles. The first-order chi connectivity index (χ1) is 6.92. The van der Waals surface area contributed by atoms with Gasteiger partial charge in [0.1, 0.15) is 12.0 Å². The molecule has 0 radical (unpaired) electrons. The quantitative estimate of drug-likeness (QED) is 0.529. The number of carbonyl (C=O) groups is 1. The SMILES string of the molecule is CCOC(=O)c1coc(CP(=O)([O-])[O-])c1. The largest absolute Gasteiger partial charge is 0.810 e. The average Bonchev–Trinajstić information content (AvgIpc) is 2.50. The topological polar surface area (TPSA) is 103 Å². The Morgan fingerprint density at radius 3 is 2.80 bits per heavy atom. The Hall–Kier alpha value is -1.10. The second kappa shape index (κ2) is 4.61. The van der Waals surface area contributed by atoms with Crippen LogP contribution in [0.15, 0.2) is 16.7 Å². The number of hydrogen-bond acceptors (Lipinski definition) is 6. The van der Waals surface area contributed by atoms with Crippen molar-refractivity contribution in [1.29, 1.82) is 0 Å². The van der Waals surface area contributed by atoms with Crippen molar-refractivity contribution in [2.45, 2.75) is 13.1 Å². The van der Waals surface area contributed by atoms with Crippen molar-refractivity contribution < 1.29 is 28.3 Å². The number of hydrogen-bond donors (Lipinski definition) is 0. The first kappa shape index (κ1) is 12.0. The maximum atomic E-state index is 11.1. The first-order valence-electron chi connectivity index (χ1n) is 4.18. The number of carbonyl (C=O) groups excluding carboxylic acids is 1. The summed E-state index contributed by atoms with van der Waals surface area (Å²) in [5.41, 5.74) is 0.0975. The number of esters is 1. The van der Waals surface area contributed by atoms with Crippen LogP contribution in [0.3, 0.4) is 0 Å². The molecule has 7 heteroatoms. The summed E-state index contributed by atoms with van der Waals surface area (Å²) < 4.78 is 19.8. The second-order valence-corrected chi connectivity index (χ2v) is 4.33. The highest BCUT2D eigenvalue weighted by Crippen LogP contribution is 2.30. The van der Waals surface area contributed by atoms with Crippen LogP contribution in [0.2, 0.25) is 0 Å². The summed E-state index contributed by atoms with van der Waals surface area (Å²) in [7, 11) is -4.67. The van der Waals surface area contributed by atoms with Crippen LogP contribution in [-0.4, -0.2) is 12.6 Å². The van der Waals surface area contributed by atoms with Crippen LogP contribution in [-0.2, 0) is 15.5 Å². The molecule has 0 unspecified atom stereocenters. The van der Waals surface area contributed by atoms with E-state index < -0.39 is 19.7 Å². The fourth-order valence-electron chi connectivity index (χ4n) is 0.976. The molecule has 0 spiro atoms. The molecule has 0 fully saturated rings. The molecule has 0 bridgehead atoms. The van der Waals surface area contributed by atoms with Gasteiger partial charge < -0.3 is 23.5 Å². The molecule has 0 aliphatic heterocycles. The molecule has 15 heavy (non-hydrogen) atoms. The molecule has 0 atom stereocenters. The van der Waals surface area contributed by atoms with Crippen LogP contribution < -0.4 is 9.79 Å². The molecule has 0 aliphatic rings. The fraction of sp³-hybridized carbons (Fsp3) is 0.375. The van der Waals surface area contributed by atoms with Crippen molar-refractivity contribution >= 4 is 13.6 Å². The highest BCUT2D eigenvalue weighted by atomic mass is 31.2. The third-order valence-electron chi connectivity index (χ3n) is 1.51. The lowest BCUT2D eigenvalue weighted by molar-refractivity contribution is -0.314. The zero-order valence-electron chi connectivity index (χ0n) is 7.97. The Morgan fingerprint density at radius 1 is 1.60 bits per heavy atom. The average molecular weight is 232 g/mol. The van der Waals surface area contributed by atoms with Gasteiger partial charge in [-0.1, -0.05) is 7.60 Å². The Labute approximate surface area is 86.0 Å². The smallest absolute Gasteiger partial charge is 0.341 e. The molecule has 0 aliphatic carbocycles. The van der Waals surface area contributed by atoms with Crippen molar-refractivity contribution in [3.05, 3.63) is 23.7 Å². The predicted molar refractivity (Wildman–Crippen MR) is 46.0 cm³/mol. The predicted octanol–water partition coefficient (Wildman–Crippen LogP) is -0.130. The minimum Gasteiger partial charge on any atom is -0.810 e. The Morgan fingerprint density at radius 2 is 2.27 bits per heavy atom. The van der Waals surface area contributed by atoms with E-state index in [0.29, 0.717) is 0 Å². The van der Waals surface area contributed by atoms with E-state index in [1.54, 1.807) is 6.92 Å². The van der Waals surface area contributed by atoms with Crippen LogP contribution >= 0.6 is 7.60 Å². The van der Waals surface area contributed by atoms with E-state index in [9.17, 15) is 19.1 Å². The molecular weight excluding hydrogens is 223 g/mol. The van der Waals surface area contributed by atoms with Gasteiger partial charge in [-0.3, -0.25) is 0 Å². The minimum absolute atomic E-state index is 0.0635. The Kier molecular flexibility index (Phi) is 3.68. The summed E-state index contributed by atoms with van der Waals surface area (Å²) in [6, 6.07) is 1.18. The highest BCUT2D eigenvalue weighted by Gasteiger charge is 2.11. The molecule has 0 saturated carbocycles. The molecule has 84 valence electrons. The molecule has 1 aromatic heterocycles. The van der Waals surface area contributed by atoms with Crippen molar-refractivity contribution in [3.8, 4) is 0 Å². The third kappa shape index (κ3) is 3.87. The molecule has 0 amide bonds. The lowest BCUT2D eigenvalue weighted by Crippen LogP contribution is -2.15. The van der Waals surface area contributed by atoms with E-state index in [0.717, 1.165) is 6.26 Å². The summed E-state index contributed by atoms with van der Waals surface area (Å²) in [5, 5.41) is 0. The van der Waals surface area contributed by atoms with Gasteiger partial charge in [0.05, 0.1) is 12.2 Å². The van der Waals surface area contributed by atoms with Gasteiger partial charge in [-0.25, -0.2) is 4.79 Å². The monoisotopic (exact) mass is 232 g/mol. The van der Waals surface area contributed by atoms with Crippen LogP contribution in [0.4, 0.5) is 0 Å². The van der Waals surface area contributed by atoms with Crippen molar-refractivity contribution in [1.82, 2.24) is 0 Å². The standard InChI is InChI=1S/C8H11O6P/c1-2-13-8(9)6-3-7(14-4-6)5-15(10,11)12/h3-4H,2,5H2,1H3,(H2,10,11,12)/p-2. The highest BCUT2D eigenvalue weighted by molar-refractivity contribution is 7.47. The van der Waals surface area contributed by atoms with Crippen LogP contribution in [0.25, 0.3) is 0 Å². The molecule has 0 aromatic carbocycles. The van der Waals surface area contributed by atoms with Crippen LogP contribution in [0.1, 0.15) is 23.0 Å². The first-order valence-corrected chi connectivity index (χ1v) is 5.91. The van der Waals surface area contributed by atoms with Gasteiger partial charge in [-0.2, -0.15) is 0 Å². The third-order valence-corrected chi connectivity index (χ3v) is 2.21. The van der Waals surface area contributed by atoms with Crippen molar-refractivity contribution in [3.63, 3.8) is 0 Å². The van der Waals surface area contributed by atoms with E-state index >= 15 is 0 Å². The Bertz CT molecular complexity index is 390. The van der Waals surface area contributed by atoms with Gasteiger partial charge in [0.15, 0.2) is 0 Å². The molecule has 1 aromatic rings. The maximum absolute atomic E-state index is 11.1. The van der Waals surface area contributed by atoms with E-state index in [1.165, 1.54) is 6.07 Å². The summed E-state index contributed by atoms with van der Waals surface area (Å²) >= 11 is 0. The van der Waals surface area contributed by atoms with Gasteiger partial charge >= 0.3 is 5.97 Å². The van der Waals surface area contributed by atoms with Gasteiger partial charge in [0.25, 0.3) is 0 Å². The fourth-order valence-corrected chi connectivity index (χ4v) is 1.52. The van der Waals surface area contributed by atoms with E-state index in [-0.39, 0.29) is 17.9 Å². The minimum atomic E-state index is -4.67. The summed E-state index contributed by atoms with van der Waals surface area (Å²) in [6.07, 6.45) is 0.315. The zero-order chi connectivity index (χ0) is 11.5. The Balaban J connectivity index is 2.72. The van der Waals surface area contributed by atoms with Crippen molar-refractivity contribution in [2.75, 3.05) is 6.61 Å². The lowest BCUT2D eigenvalue weighted by Gasteiger charge is -2.27. The van der Waals surface area contributed by atoms with Gasteiger partial charge in [-0.15, -0.1) is 0 Å². The molecule has 1 heterocycles. The zero-order valence-corrected chi connectivity index (χ0v) is 8.86. The molecular formula is C8H9O6P-2. The molecule has 6 nitrogen and oxygen atoms in total. The van der Waals surface area contributed by atoms with Gasteiger partial charge in [0, 0.05) is 6.16 Å². The van der Waals surface area contributed by atoms with E-state index in [4.69, 9.17) is 4.42 Å². The van der Waals surface area contributed by atoms with E-state index in [1.807, 2.05) is 0 Å². The van der Waals surface area contributed by atoms with Gasteiger partial charge in [-0.05, 0) is 13.0 Å². The number of furan rings is 1. The van der Waals surface area contributed by atoms with Gasteiger partial charge in [0.2, 0.25) is 0 Å². The summed E-state index contributed by atoms with van der Waals surface area (Å²) in [4.78, 5) is 31.9. The van der Waals surface area contributed by atoms with Crippen LogP contribution in [0, 0.1) is 0 Å². The number of rotatable bonds is 4. The second-order valence-electron chi connectivity index (χ2n) is 2.79. The van der Waals surface area contributed by atoms with Crippen molar-refractivity contribution in [2.24, 2.45) is 0 Å². The lowest BCUT2D eigenvalue weighted by atomic mass is 10.3. The normalized spacial score (nSPS) is 11.4. The summed E-state index contributed by atoms with van der Waals surface area (Å²) in [6.45, 7) is 1.85. The maximum Gasteiger partial charge on any atom is 0.341 e. The van der Waals surface area contributed by atoms with Crippen LogP contribution in [0.5, 0.6) is 0 Å². The summed E-state index contributed by atoms with van der Waals surface area (Å²) in [5.74, 6) is -0.675. The van der Waals surface area contributed by atoms with E-state index in [2.05, 4.69) is 4.74 Å².